The molecule has 0 bridgehead atoms. The van der Waals surface area contributed by atoms with Gasteiger partial charge in [0.25, 0.3) is 0 Å². The molecule has 6 heteroatoms. The van der Waals surface area contributed by atoms with Crippen molar-refractivity contribution in [3.05, 3.63) is 42.2 Å². The van der Waals surface area contributed by atoms with Crippen molar-refractivity contribution in [3.8, 4) is 5.75 Å². The summed E-state index contributed by atoms with van der Waals surface area (Å²) in [5, 5.41) is 7.12. The largest absolute Gasteiger partial charge is 0.497 e. The molecule has 0 saturated carbocycles. The molecule has 1 heterocycles. The number of nitrogens with zero attached hydrogens (tertiary/aromatic N) is 3. The Hall–Kier alpha value is -2.34. The van der Waals surface area contributed by atoms with Gasteiger partial charge < -0.3 is 15.0 Å². The fourth-order valence-electron chi connectivity index (χ4n) is 2.13. The van der Waals surface area contributed by atoms with E-state index in [4.69, 9.17) is 4.74 Å². The van der Waals surface area contributed by atoms with Crippen LogP contribution in [0.4, 0.5) is 5.69 Å². The fourth-order valence-corrected chi connectivity index (χ4v) is 2.13. The minimum atomic E-state index is -0.00650. The number of methoxy groups -OCH3 is 1. The van der Waals surface area contributed by atoms with Gasteiger partial charge >= 0.3 is 0 Å². The average Bonchev–Trinajstić information content (AvgIpc) is 2.99. The number of rotatable bonds is 8. The van der Waals surface area contributed by atoms with Crippen LogP contribution in [0.2, 0.25) is 0 Å². The smallest absolute Gasteiger partial charge is 0.224 e. The van der Waals surface area contributed by atoms with Crippen LogP contribution in [0.15, 0.2) is 36.7 Å². The Morgan fingerprint density at radius 2 is 2.04 bits per heavy atom. The van der Waals surface area contributed by atoms with E-state index in [1.165, 1.54) is 0 Å². The summed E-state index contributed by atoms with van der Waals surface area (Å²) in [6.07, 6.45) is 4.68. The molecule has 0 aliphatic carbocycles. The predicted molar refractivity (Wildman–Crippen MR) is 90.7 cm³/mol. The quantitative estimate of drug-likeness (QED) is 0.809. The highest BCUT2D eigenvalue weighted by molar-refractivity contribution is 5.90. The van der Waals surface area contributed by atoms with Crippen molar-refractivity contribution in [1.82, 2.24) is 14.7 Å². The molecule has 2 rings (SSSR count). The molecule has 1 aromatic heterocycles. The fraction of sp³-hybridized carbons (Fsp3) is 0.412. The number of nitrogens with one attached hydrogen (secondary N) is 1. The summed E-state index contributed by atoms with van der Waals surface area (Å²) < 4.78 is 6.95. The number of likely N-dealkylation sites (N-methyl/N-ethyl adjacent to an activating group) is 1. The Bertz CT molecular complexity index is 620. The molecule has 0 aliphatic heterocycles. The predicted octanol–water partition coefficient (Wildman–Crippen LogP) is 2.02. The second-order valence-electron chi connectivity index (χ2n) is 5.69. The second-order valence-corrected chi connectivity index (χ2v) is 5.69. The average molecular weight is 316 g/mol. The van der Waals surface area contributed by atoms with E-state index in [2.05, 4.69) is 15.3 Å². The van der Waals surface area contributed by atoms with E-state index in [0.717, 1.165) is 30.1 Å². The van der Waals surface area contributed by atoms with Crippen molar-refractivity contribution >= 4 is 11.6 Å². The molecule has 1 aromatic carbocycles. The van der Waals surface area contributed by atoms with Gasteiger partial charge in [0.15, 0.2) is 0 Å². The van der Waals surface area contributed by atoms with Gasteiger partial charge in [0.05, 0.1) is 25.5 Å². The summed E-state index contributed by atoms with van der Waals surface area (Å²) in [5.41, 5.74) is 1.85. The third-order valence-corrected chi connectivity index (χ3v) is 3.49. The molecule has 23 heavy (non-hydrogen) atoms. The normalized spacial score (nSPS) is 10.8. The lowest BCUT2D eigenvalue weighted by atomic mass is 10.1. The zero-order valence-electron chi connectivity index (χ0n) is 14.0. The third kappa shape index (κ3) is 5.75. The highest BCUT2D eigenvalue weighted by atomic mass is 16.5. The SMILES string of the molecule is COc1ccc(CCC(=O)Nc2cnn(CCN(C)C)c2)cc1. The number of benzene rings is 1. The van der Waals surface area contributed by atoms with Crippen LogP contribution in [-0.4, -0.2) is 48.3 Å². The van der Waals surface area contributed by atoms with Gasteiger partial charge in [-0.3, -0.25) is 9.48 Å². The van der Waals surface area contributed by atoms with Crippen molar-refractivity contribution in [2.24, 2.45) is 0 Å². The number of hydrogen-bond acceptors (Lipinski definition) is 4. The zero-order chi connectivity index (χ0) is 16.7. The maximum absolute atomic E-state index is 12.0. The number of aryl methyl sites for hydroxylation is 1. The third-order valence-electron chi connectivity index (χ3n) is 3.49. The monoisotopic (exact) mass is 316 g/mol. The first kappa shape index (κ1) is 17.0. The summed E-state index contributed by atoms with van der Waals surface area (Å²) in [7, 11) is 5.68. The first-order valence-corrected chi connectivity index (χ1v) is 7.67. The van der Waals surface area contributed by atoms with Crippen molar-refractivity contribution in [3.63, 3.8) is 0 Å². The van der Waals surface area contributed by atoms with E-state index in [9.17, 15) is 4.79 Å². The van der Waals surface area contributed by atoms with Crippen LogP contribution in [0.1, 0.15) is 12.0 Å². The van der Waals surface area contributed by atoms with Gasteiger partial charge in [0, 0.05) is 19.2 Å². The standard InChI is InChI=1S/C17H24N4O2/c1-20(2)10-11-21-13-15(12-18-21)19-17(22)9-6-14-4-7-16(23-3)8-5-14/h4-5,7-8,12-13H,6,9-11H2,1-3H3,(H,19,22). The summed E-state index contributed by atoms with van der Waals surface area (Å²) in [5.74, 6) is 0.816. The summed E-state index contributed by atoms with van der Waals surface area (Å²) in [4.78, 5) is 14.1. The first-order valence-electron chi connectivity index (χ1n) is 7.67. The van der Waals surface area contributed by atoms with Gasteiger partial charge in [-0.2, -0.15) is 5.10 Å². The van der Waals surface area contributed by atoms with Crippen LogP contribution in [0.3, 0.4) is 0 Å². The van der Waals surface area contributed by atoms with E-state index in [-0.39, 0.29) is 5.91 Å². The van der Waals surface area contributed by atoms with Crippen molar-refractivity contribution < 1.29 is 9.53 Å². The molecule has 124 valence electrons. The summed E-state index contributed by atoms with van der Waals surface area (Å²) in [6.45, 7) is 1.71. The van der Waals surface area contributed by atoms with Gasteiger partial charge in [-0.15, -0.1) is 0 Å². The Balaban J connectivity index is 1.77. The van der Waals surface area contributed by atoms with Crippen LogP contribution in [0.5, 0.6) is 5.75 Å². The molecule has 6 nitrogen and oxygen atoms in total. The molecule has 1 amide bonds. The maximum atomic E-state index is 12.0. The number of carbonyl (C=O) groups excluding carboxylic acids is 1. The van der Waals surface area contributed by atoms with Crippen LogP contribution in [-0.2, 0) is 17.8 Å². The Kier molecular flexibility index (Phi) is 6.17. The molecule has 0 aliphatic rings. The maximum Gasteiger partial charge on any atom is 0.224 e. The van der Waals surface area contributed by atoms with E-state index in [1.807, 2.05) is 49.2 Å². The lowest BCUT2D eigenvalue weighted by Gasteiger charge is -2.08. The molecule has 0 saturated heterocycles. The van der Waals surface area contributed by atoms with Gasteiger partial charge in [0.1, 0.15) is 5.75 Å². The summed E-state index contributed by atoms with van der Waals surface area (Å²) >= 11 is 0. The highest BCUT2D eigenvalue weighted by Crippen LogP contribution is 2.13. The van der Waals surface area contributed by atoms with Gasteiger partial charge in [-0.05, 0) is 38.2 Å². The Morgan fingerprint density at radius 1 is 1.30 bits per heavy atom. The van der Waals surface area contributed by atoms with Crippen LogP contribution >= 0.6 is 0 Å². The number of aromatic nitrogens is 2. The number of anilines is 1. The molecule has 0 atom stereocenters. The van der Waals surface area contributed by atoms with Gasteiger partial charge in [0.2, 0.25) is 5.91 Å². The molecule has 0 radical (unpaired) electrons. The minimum Gasteiger partial charge on any atom is -0.497 e. The van der Waals surface area contributed by atoms with E-state index < -0.39 is 0 Å². The van der Waals surface area contributed by atoms with Crippen molar-refractivity contribution in [1.29, 1.82) is 0 Å². The van der Waals surface area contributed by atoms with E-state index in [1.54, 1.807) is 13.3 Å². The van der Waals surface area contributed by atoms with Crippen LogP contribution in [0, 0.1) is 0 Å². The molecule has 1 N–H and O–H groups in total. The summed E-state index contributed by atoms with van der Waals surface area (Å²) in [6, 6.07) is 7.76. The van der Waals surface area contributed by atoms with Crippen molar-refractivity contribution in [2.75, 3.05) is 33.1 Å². The molecule has 0 fully saturated rings. The van der Waals surface area contributed by atoms with E-state index >= 15 is 0 Å². The number of ether oxygens (including phenoxy) is 1. The van der Waals surface area contributed by atoms with Gasteiger partial charge in [-0.1, -0.05) is 12.1 Å². The Labute approximate surface area is 137 Å². The van der Waals surface area contributed by atoms with Crippen LogP contribution < -0.4 is 10.1 Å². The highest BCUT2D eigenvalue weighted by Gasteiger charge is 2.06. The molecular weight excluding hydrogens is 292 g/mol. The lowest BCUT2D eigenvalue weighted by molar-refractivity contribution is -0.116. The first-order chi connectivity index (χ1) is 11.1. The second kappa shape index (κ2) is 8.33. The number of amides is 1. The van der Waals surface area contributed by atoms with Crippen molar-refractivity contribution in [2.45, 2.75) is 19.4 Å². The molecular formula is C17H24N4O2. The molecule has 0 spiro atoms. The zero-order valence-corrected chi connectivity index (χ0v) is 14.0. The topological polar surface area (TPSA) is 59.4 Å². The number of hydrogen-bond donors (Lipinski definition) is 1. The lowest BCUT2D eigenvalue weighted by Crippen LogP contribution is -2.18. The Morgan fingerprint density at radius 3 is 2.70 bits per heavy atom. The molecule has 2 aromatic rings. The number of carbonyl (C=O) groups is 1. The minimum absolute atomic E-state index is 0.00650. The molecule has 0 unspecified atom stereocenters. The van der Waals surface area contributed by atoms with Crippen LogP contribution in [0.25, 0.3) is 0 Å². The van der Waals surface area contributed by atoms with Gasteiger partial charge in [-0.25, -0.2) is 0 Å². The van der Waals surface area contributed by atoms with E-state index in [0.29, 0.717) is 12.8 Å².